The third-order valence-corrected chi connectivity index (χ3v) is 7.71. The van der Waals surface area contributed by atoms with E-state index in [1.807, 2.05) is 36.4 Å². The Bertz CT molecular complexity index is 2200. The first-order valence-electron chi connectivity index (χ1n) is 13.5. The van der Waals surface area contributed by atoms with Gasteiger partial charge in [0.2, 0.25) is 0 Å². The van der Waals surface area contributed by atoms with Gasteiger partial charge >= 0.3 is 0 Å². The lowest BCUT2D eigenvalue weighted by molar-refractivity contribution is 1.25. The van der Waals surface area contributed by atoms with Crippen LogP contribution in [0.3, 0.4) is 0 Å². The van der Waals surface area contributed by atoms with E-state index in [4.69, 9.17) is 9.97 Å². The molecule has 0 unspecified atom stereocenters. The van der Waals surface area contributed by atoms with Gasteiger partial charge in [0.15, 0.2) is 0 Å². The second-order valence-electron chi connectivity index (χ2n) is 10.0. The largest absolute Gasteiger partial charge is 0.255 e. The Kier molecular flexibility index (Phi) is 5.14. The predicted octanol–water partition coefficient (Wildman–Crippen LogP) is 9.49. The van der Waals surface area contributed by atoms with Gasteiger partial charge in [-0.2, -0.15) is 0 Å². The van der Waals surface area contributed by atoms with Crippen molar-refractivity contribution < 1.29 is 0 Å². The van der Waals surface area contributed by atoms with Crippen LogP contribution < -0.4 is 0 Å². The van der Waals surface area contributed by atoms with Crippen molar-refractivity contribution in [1.82, 2.24) is 15.0 Å². The molecule has 0 amide bonds. The summed E-state index contributed by atoms with van der Waals surface area (Å²) >= 11 is 0. The lowest BCUT2D eigenvalue weighted by Crippen LogP contribution is -1.93. The van der Waals surface area contributed by atoms with Crippen LogP contribution in [0.4, 0.5) is 0 Å². The van der Waals surface area contributed by atoms with Gasteiger partial charge in [-0.1, -0.05) is 109 Å². The van der Waals surface area contributed by atoms with Gasteiger partial charge in [0.25, 0.3) is 0 Å². The highest BCUT2D eigenvalue weighted by atomic mass is 14.8. The average Bonchev–Trinajstić information content (AvgIpc) is 3.05. The van der Waals surface area contributed by atoms with E-state index in [1.54, 1.807) is 6.20 Å². The predicted molar refractivity (Wildman–Crippen MR) is 166 cm³/mol. The third-order valence-electron chi connectivity index (χ3n) is 7.71. The van der Waals surface area contributed by atoms with Gasteiger partial charge in [-0.25, -0.2) is 9.97 Å². The van der Waals surface area contributed by atoms with E-state index in [0.717, 1.165) is 44.8 Å². The van der Waals surface area contributed by atoms with Gasteiger partial charge in [-0.05, 0) is 45.8 Å². The number of pyridine rings is 3. The summed E-state index contributed by atoms with van der Waals surface area (Å²) in [5.41, 5.74) is 6.82. The second-order valence-corrected chi connectivity index (χ2v) is 10.0. The fourth-order valence-electron chi connectivity index (χ4n) is 5.86. The van der Waals surface area contributed by atoms with Crippen molar-refractivity contribution in [2.45, 2.75) is 0 Å². The summed E-state index contributed by atoms with van der Waals surface area (Å²) in [5.74, 6) is 0. The van der Waals surface area contributed by atoms with Gasteiger partial charge in [0.1, 0.15) is 0 Å². The normalized spacial score (nSPS) is 11.5. The number of benzene rings is 5. The molecule has 0 bridgehead atoms. The molecule has 0 spiro atoms. The molecular formula is C37H23N3. The number of nitrogens with zero attached hydrogens (tertiary/aromatic N) is 3. The lowest BCUT2D eigenvalue weighted by Gasteiger charge is -2.15. The number of rotatable bonds is 3. The summed E-state index contributed by atoms with van der Waals surface area (Å²) in [6.45, 7) is 0. The SMILES string of the molecule is c1ccc(-c2cccc(-c3ccc(-c4nc5c6ccccc6c6ccccc6c5c5ccccc45)cc3)n2)nc1. The Labute approximate surface area is 231 Å². The molecule has 0 radical (unpaired) electrons. The van der Waals surface area contributed by atoms with Crippen molar-refractivity contribution in [3.63, 3.8) is 0 Å². The zero-order valence-corrected chi connectivity index (χ0v) is 21.6. The molecule has 0 N–H and O–H groups in total. The highest BCUT2D eigenvalue weighted by molar-refractivity contribution is 6.31. The topological polar surface area (TPSA) is 38.7 Å². The zero-order chi connectivity index (χ0) is 26.5. The smallest absolute Gasteiger partial charge is 0.0893 e. The maximum atomic E-state index is 5.38. The molecule has 0 atom stereocenters. The maximum Gasteiger partial charge on any atom is 0.0893 e. The first-order chi connectivity index (χ1) is 19.8. The molecule has 3 heterocycles. The van der Waals surface area contributed by atoms with Crippen LogP contribution >= 0.6 is 0 Å². The Morgan fingerprint density at radius 3 is 1.62 bits per heavy atom. The minimum Gasteiger partial charge on any atom is -0.255 e. The lowest BCUT2D eigenvalue weighted by atomic mass is 9.92. The molecule has 0 fully saturated rings. The molecule has 0 saturated carbocycles. The maximum absolute atomic E-state index is 5.38. The number of hydrogen-bond donors (Lipinski definition) is 0. The minimum absolute atomic E-state index is 0.864. The Morgan fingerprint density at radius 1 is 0.350 bits per heavy atom. The van der Waals surface area contributed by atoms with Crippen molar-refractivity contribution in [1.29, 1.82) is 0 Å². The van der Waals surface area contributed by atoms with Gasteiger partial charge in [0, 0.05) is 33.5 Å². The fraction of sp³-hybridized carbons (Fsp3) is 0. The first kappa shape index (κ1) is 22.6. The Hall–Kier alpha value is -5.41. The van der Waals surface area contributed by atoms with Crippen LogP contribution in [0.5, 0.6) is 0 Å². The van der Waals surface area contributed by atoms with Gasteiger partial charge in [-0.15, -0.1) is 0 Å². The molecule has 5 aromatic carbocycles. The van der Waals surface area contributed by atoms with Crippen molar-refractivity contribution >= 4 is 43.2 Å². The molecule has 0 aliphatic rings. The molecule has 186 valence electrons. The van der Waals surface area contributed by atoms with Crippen LogP contribution in [0.1, 0.15) is 0 Å². The van der Waals surface area contributed by atoms with Crippen LogP contribution in [-0.2, 0) is 0 Å². The molecule has 8 aromatic rings. The molecule has 0 aliphatic carbocycles. The Morgan fingerprint density at radius 2 is 0.900 bits per heavy atom. The molecule has 40 heavy (non-hydrogen) atoms. The average molecular weight is 510 g/mol. The van der Waals surface area contributed by atoms with Crippen molar-refractivity contribution in [3.05, 3.63) is 140 Å². The fourth-order valence-corrected chi connectivity index (χ4v) is 5.86. The number of hydrogen-bond acceptors (Lipinski definition) is 3. The summed E-state index contributed by atoms with van der Waals surface area (Å²) in [6.07, 6.45) is 1.80. The summed E-state index contributed by atoms with van der Waals surface area (Å²) in [4.78, 5) is 14.7. The molecule has 3 aromatic heterocycles. The molecule has 0 aliphatic heterocycles. The molecule has 3 nitrogen and oxygen atoms in total. The summed E-state index contributed by atoms with van der Waals surface area (Å²) < 4.78 is 0. The van der Waals surface area contributed by atoms with Crippen LogP contribution in [0, 0.1) is 0 Å². The van der Waals surface area contributed by atoms with Gasteiger partial charge in [0.05, 0.1) is 28.3 Å². The number of aromatic nitrogens is 3. The minimum atomic E-state index is 0.864. The second kappa shape index (κ2) is 9.11. The van der Waals surface area contributed by atoms with Crippen LogP contribution in [0.25, 0.3) is 77.1 Å². The van der Waals surface area contributed by atoms with E-state index in [0.29, 0.717) is 0 Å². The highest BCUT2D eigenvalue weighted by Gasteiger charge is 2.16. The highest BCUT2D eigenvalue weighted by Crippen LogP contribution is 2.40. The third kappa shape index (κ3) is 3.56. The van der Waals surface area contributed by atoms with E-state index in [1.165, 1.54) is 32.3 Å². The summed E-state index contributed by atoms with van der Waals surface area (Å²) in [5, 5.41) is 8.48. The summed E-state index contributed by atoms with van der Waals surface area (Å²) in [6, 6.07) is 46.5. The van der Waals surface area contributed by atoms with E-state index >= 15 is 0 Å². The van der Waals surface area contributed by atoms with Crippen molar-refractivity contribution in [2.24, 2.45) is 0 Å². The zero-order valence-electron chi connectivity index (χ0n) is 21.6. The first-order valence-corrected chi connectivity index (χ1v) is 13.5. The number of fused-ring (bicyclic) bond motifs is 8. The van der Waals surface area contributed by atoms with Crippen LogP contribution in [0.2, 0.25) is 0 Å². The van der Waals surface area contributed by atoms with Crippen molar-refractivity contribution in [3.8, 4) is 33.9 Å². The summed E-state index contributed by atoms with van der Waals surface area (Å²) in [7, 11) is 0. The van der Waals surface area contributed by atoms with Crippen LogP contribution in [0.15, 0.2) is 140 Å². The quantitative estimate of drug-likeness (QED) is 0.223. The van der Waals surface area contributed by atoms with Crippen molar-refractivity contribution in [2.75, 3.05) is 0 Å². The Balaban J connectivity index is 1.33. The standard InChI is InChI=1S/C37H23N3/c1-3-12-28-26(10-1)27-11-2-5-14-30(27)37-35(28)29-13-4-6-15-31(29)36(40-37)25-21-19-24(20-22-25)32-17-9-18-34(39-32)33-16-7-8-23-38-33/h1-23H. The monoisotopic (exact) mass is 509 g/mol. The molecule has 8 rings (SSSR count). The van der Waals surface area contributed by atoms with Gasteiger partial charge in [-0.3, -0.25) is 4.98 Å². The van der Waals surface area contributed by atoms with Crippen LogP contribution in [-0.4, -0.2) is 15.0 Å². The van der Waals surface area contributed by atoms with E-state index < -0.39 is 0 Å². The van der Waals surface area contributed by atoms with Gasteiger partial charge < -0.3 is 0 Å². The molecule has 3 heteroatoms. The molecule has 0 saturated heterocycles. The van der Waals surface area contributed by atoms with E-state index in [-0.39, 0.29) is 0 Å². The molecular weight excluding hydrogens is 486 g/mol. The van der Waals surface area contributed by atoms with E-state index in [9.17, 15) is 0 Å². The van der Waals surface area contributed by atoms with E-state index in [2.05, 4.69) is 102 Å².